The number of nitrogens with one attached hydrogen (secondary N) is 1. The Bertz CT molecular complexity index is 764. The molecule has 0 unspecified atom stereocenters. The number of rotatable bonds is 6. The van der Waals surface area contributed by atoms with Crippen molar-refractivity contribution in [2.24, 2.45) is 0 Å². The molecule has 3 rings (SSSR count). The van der Waals surface area contributed by atoms with Crippen LogP contribution in [0.15, 0.2) is 42.5 Å². The zero-order valence-corrected chi connectivity index (χ0v) is 16.9. The number of benzene rings is 2. The molecule has 2 amide bonds. The molecular formula is C22H29N3O3. The molecule has 1 aliphatic rings. The van der Waals surface area contributed by atoms with Crippen LogP contribution in [0.3, 0.4) is 0 Å². The van der Waals surface area contributed by atoms with Gasteiger partial charge in [0.1, 0.15) is 18.1 Å². The van der Waals surface area contributed by atoms with Crippen LogP contribution in [-0.4, -0.2) is 62.3 Å². The highest BCUT2D eigenvalue weighted by molar-refractivity contribution is 5.89. The van der Waals surface area contributed by atoms with Gasteiger partial charge in [0.05, 0.1) is 7.11 Å². The Morgan fingerprint density at radius 1 is 0.964 bits per heavy atom. The fourth-order valence-electron chi connectivity index (χ4n) is 3.39. The molecule has 150 valence electrons. The average molecular weight is 383 g/mol. The minimum atomic E-state index is -0.0286. The van der Waals surface area contributed by atoms with Crippen LogP contribution >= 0.6 is 0 Å². The molecule has 0 radical (unpaired) electrons. The molecule has 28 heavy (non-hydrogen) atoms. The molecule has 2 aromatic rings. The lowest BCUT2D eigenvalue weighted by Gasteiger charge is -2.34. The van der Waals surface area contributed by atoms with Crippen LogP contribution in [-0.2, 0) is 0 Å². The lowest BCUT2D eigenvalue weighted by Crippen LogP contribution is -2.50. The van der Waals surface area contributed by atoms with Crippen LogP contribution in [0.5, 0.6) is 11.5 Å². The Kier molecular flexibility index (Phi) is 6.76. The van der Waals surface area contributed by atoms with Crippen LogP contribution in [0.4, 0.5) is 10.5 Å². The number of hydrogen-bond acceptors (Lipinski definition) is 4. The Hall–Kier alpha value is -2.73. The first-order valence-corrected chi connectivity index (χ1v) is 9.67. The molecule has 0 bridgehead atoms. The number of piperazine rings is 1. The smallest absolute Gasteiger partial charge is 0.321 e. The van der Waals surface area contributed by atoms with Gasteiger partial charge in [-0.05, 0) is 61.4 Å². The van der Waals surface area contributed by atoms with Crippen molar-refractivity contribution in [3.63, 3.8) is 0 Å². The molecule has 1 fully saturated rings. The third-order valence-electron chi connectivity index (χ3n) is 4.87. The summed E-state index contributed by atoms with van der Waals surface area (Å²) in [4.78, 5) is 16.7. The zero-order valence-electron chi connectivity index (χ0n) is 16.9. The van der Waals surface area contributed by atoms with Crippen molar-refractivity contribution in [1.29, 1.82) is 0 Å². The SMILES string of the molecule is COc1ccc(OCCN2CCN(C(=O)Nc3cc(C)cc(C)c3)CC2)cc1. The molecule has 1 saturated heterocycles. The number of methoxy groups -OCH3 is 1. The number of carbonyl (C=O) groups is 1. The van der Waals surface area contributed by atoms with Crippen molar-refractivity contribution in [2.45, 2.75) is 13.8 Å². The van der Waals surface area contributed by atoms with Gasteiger partial charge in [-0.15, -0.1) is 0 Å². The number of hydrogen-bond donors (Lipinski definition) is 1. The quantitative estimate of drug-likeness (QED) is 0.829. The predicted molar refractivity (Wildman–Crippen MR) is 111 cm³/mol. The van der Waals surface area contributed by atoms with Crippen molar-refractivity contribution < 1.29 is 14.3 Å². The van der Waals surface area contributed by atoms with Crippen LogP contribution in [0, 0.1) is 13.8 Å². The second-order valence-electron chi connectivity index (χ2n) is 7.16. The molecule has 1 heterocycles. The molecule has 1 N–H and O–H groups in total. The van der Waals surface area contributed by atoms with E-state index in [0.29, 0.717) is 6.61 Å². The van der Waals surface area contributed by atoms with Crippen molar-refractivity contribution in [1.82, 2.24) is 9.80 Å². The van der Waals surface area contributed by atoms with Gasteiger partial charge in [-0.1, -0.05) is 6.07 Å². The van der Waals surface area contributed by atoms with Crippen molar-refractivity contribution in [3.8, 4) is 11.5 Å². The average Bonchev–Trinajstić information content (AvgIpc) is 2.68. The summed E-state index contributed by atoms with van der Waals surface area (Å²) in [6.45, 7) is 8.70. The third kappa shape index (κ3) is 5.63. The first-order valence-electron chi connectivity index (χ1n) is 9.67. The van der Waals surface area contributed by atoms with Crippen molar-refractivity contribution >= 4 is 11.7 Å². The molecule has 6 nitrogen and oxygen atoms in total. The van der Waals surface area contributed by atoms with E-state index < -0.39 is 0 Å². The van der Waals surface area contributed by atoms with Crippen LogP contribution in [0.25, 0.3) is 0 Å². The first kappa shape index (κ1) is 20.0. The molecular weight excluding hydrogens is 354 g/mol. The summed E-state index contributed by atoms with van der Waals surface area (Å²) in [5.41, 5.74) is 3.16. The Labute approximate surface area is 167 Å². The van der Waals surface area contributed by atoms with Crippen LogP contribution in [0.2, 0.25) is 0 Å². The molecule has 0 aromatic heterocycles. The summed E-state index contributed by atoms with van der Waals surface area (Å²) in [7, 11) is 1.65. The predicted octanol–water partition coefficient (Wildman–Crippen LogP) is 3.54. The van der Waals surface area contributed by atoms with Gasteiger partial charge >= 0.3 is 6.03 Å². The maximum absolute atomic E-state index is 12.5. The fourth-order valence-corrected chi connectivity index (χ4v) is 3.39. The van der Waals surface area contributed by atoms with Gasteiger partial charge in [0.2, 0.25) is 0 Å². The lowest BCUT2D eigenvalue weighted by molar-refractivity contribution is 0.132. The molecule has 0 atom stereocenters. The Morgan fingerprint density at radius 2 is 1.57 bits per heavy atom. The van der Waals surface area contributed by atoms with Gasteiger partial charge < -0.3 is 19.7 Å². The van der Waals surface area contributed by atoms with Crippen LogP contribution < -0.4 is 14.8 Å². The van der Waals surface area contributed by atoms with E-state index in [4.69, 9.17) is 9.47 Å². The molecule has 0 saturated carbocycles. The Morgan fingerprint density at radius 3 is 2.18 bits per heavy atom. The summed E-state index contributed by atoms with van der Waals surface area (Å²) >= 11 is 0. The van der Waals surface area contributed by atoms with Gasteiger partial charge in [0, 0.05) is 38.4 Å². The van der Waals surface area contributed by atoms with Gasteiger partial charge in [0.15, 0.2) is 0 Å². The number of carbonyl (C=O) groups excluding carboxylic acids is 1. The second kappa shape index (κ2) is 9.46. The number of nitrogens with zero attached hydrogens (tertiary/aromatic N) is 2. The van der Waals surface area contributed by atoms with E-state index in [2.05, 4.69) is 16.3 Å². The van der Waals surface area contributed by atoms with Crippen molar-refractivity contribution in [3.05, 3.63) is 53.6 Å². The highest BCUT2D eigenvalue weighted by Crippen LogP contribution is 2.17. The van der Waals surface area contributed by atoms with Gasteiger partial charge in [0.25, 0.3) is 0 Å². The monoisotopic (exact) mass is 383 g/mol. The minimum Gasteiger partial charge on any atom is -0.497 e. The highest BCUT2D eigenvalue weighted by Gasteiger charge is 2.21. The number of aryl methyl sites for hydroxylation is 2. The van der Waals surface area contributed by atoms with Gasteiger partial charge in [-0.2, -0.15) is 0 Å². The maximum Gasteiger partial charge on any atom is 0.321 e. The number of ether oxygens (including phenoxy) is 2. The molecule has 1 aliphatic heterocycles. The van der Waals surface area contributed by atoms with E-state index >= 15 is 0 Å². The first-order chi connectivity index (χ1) is 13.5. The normalized spacial score (nSPS) is 14.6. The summed E-state index contributed by atoms with van der Waals surface area (Å²) in [6, 6.07) is 13.7. The number of amides is 2. The largest absolute Gasteiger partial charge is 0.497 e. The fraction of sp³-hybridized carbons (Fsp3) is 0.409. The molecule has 0 spiro atoms. The van der Waals surface area contributed by atoms with E-state index in [1.165, 1.54) is 0 Å². The van der Waals surface area contributed by atoms with E-state index in [1.807, 2.05) is 55.1 Å². The van der Waals surface area contributed by atoms with E-state index in [-0.39, 0.29) is 6.03 Å². The topological polar surface area (TPSA) is 54.0 Å². The lowest BCUT2D eigenvalue weighted by atomic mass is 10.1. The molecule has 6 heteroatoms. The van der Waals surface area contributed by atoms with Gasteiger partial charge in [-0.25, -0.2) is 4.79 Å². The minimum absolute atomic E-state index is 0.0286. The Balaban J connectivity index is 1.39. The maximum atomic E-state index is 12.5. The summed E-state index contributed by atoms with van der Waals surface area (Å²) in [5, 5.41) is 3.02. The van der Waals surface area contributed by atoms with Crippen LogP contribution in [0.1, 0.15) is 11.1 Å². The summed E-state index contributed by atoms with van der Waals surface area (Å²) in [6.07, 6.45) is 0. The highest BCUT2D eigenvalue weighted by atomic mass is 16.5. The third-order valence-corrected chi connectivity index (χ3v) is 4.87. The zero-order chi connectivity index (χ0) is 19.9. The number of urea groups is 1. The standard InChI is InChI=1S/C22H29N3O3/c1-17-14-18(2)16-19(15-17)23-22(26)25-10-8-24(9-11-25)12-13-28-21-6-4-20(27-3)5-7-21/h4-7,14-16H,8-13H2,1-3H3,(H,23,26). The molecule has 0 aliphatic carbocycles. The van der Waals surface area contributed by atoms with Crippen molar-refractivity contribution in [2.75, 3.05) is 51.8 Å². The summed E-state index contributed by atoms with van der Waals surface area (Å²) in [5.74, 6) is 1.66. The second-order valence-corrected chi connectivity index (χ2v) is 7.16. The van der Waals surface area contributed by atoms with Gasteiger partial charge in [-0.3, -0.25) is 4.90 Å². The number of anilines is 1. The molecule has 2 aromatic carbocycles. The van der Waals surface area contributed by atoms with E-state index in [1.54, 1.807) is 7.11 Å². The van der Waals surface area contributed by atoms with E-state index in [9.17, 15) is 4.79 Å². The summed E-state index contributed by atoms with van der Waals surface area (Å²) < 4.78 is 10.9. The van der Waals surface area contributed by atoms with E-state index in [0.717, 1.165) is 61.0 Å².